The zero-order valence-corrected chi connectivity index (χ0v) is 22.4. The molecule has 1 rings (SSSR count). The van der Waals surface area contributed by atoms with E-state index >= 15 is 0 Å². The van der Waals surface area contributed by atoms with Crippen molar-refractivity contribution < 1.29 is 109 Å². The van der Waals surface area contributed by atoms with Gasteiger partial charge < -0.3 is 13.1 Å². The van der Waals surface area contributed by atoms with Crippen molar-refractivity contribution in [1.29, 1.82) is 0 Å². The average molecular weight is 472 g/mol. The fraction of sp³-hybridized carbons (Fsp3) is 0.667. The summed E-state index contributed by atoms with van der Waals surface area (Å²) in [7, 11) is -4.84. The summed E-state index contributed by atoms with van der Waals surface area (Å²) >= 11 is 0. The minimum Gasteiger partial charge on any atom is -1.00 e. The minimum absolute atomic E-state index is 0. The van der Waals surface area contributed by atoms with E-state index in [1.165, 1.54) is 0 Å². The van der Waals surface area contributed by atoms with Gasteiger partial charge in [-0.15, -0.1) is 0 Å². The van der Waals surface area contributed by atoms with E-state index in [4.69, 9.17) is 14.8 Å². The van der Waals surface area contributed by atoms with E-state index in [9.17, 15) is 32.4 Å². The van der Waals surface area contributed by atoms with E-state index in [0.29, 0.717) is 6.42 Å². The molecular formula is C15H26N2Na2O10S. The smallest absolute Gasteiger partial charge is 1.00 e. The first-order valence-corrected chi connectivity index (χ1v) is 9.82. The fourth-order valence-electron chi connectivity index (χ4n) is 2.84. The van der Waals surface area contributed by atoms with E-state index in [1.807, 2.05) is 13.8 Å². The largest absolute Gasteiger partial charge is 1.00 e. The quantitative estimate of drug-likeness (QED) is 0.129. The van der Waals surface area contributed by atoms with Crippen molar-refractivity contribution in [2.24, 2.45) is 11.3 Å². The van der Waals surface area contributed by atoms with Crippen LogP contribution in [0.1, 0.15) is 49.3 Å². The Morgan fingerprint density at radius 1 is 1.07 bits per heavy atom. The third kappa shape index (κ3) is 9.30. The van der Waals surface area contributed by atoms with Gasteiger partial charge in [0.25, 0.3) is 10.1 Å². The number of imide groups is 2. The van der Waals surface area contributed by atoms with E-state index in [0.717, 1.165) is 12.8 Å². The molecule has 0 saturated carbocycles. The van der Waals surface area contributed by atoms with Crippen molar-refractivity contribution in [3.8, 4) is 0 Å². The Bertz CT molecular complexity index is 747. The standard InChI is InChI=1S/C11H18N2O3.C4H6O7S.2Na.2H/c1-4-6-7(3)11(5-2)8(14)12-10(16)13-9(11)15;5-3(6)1-2(4(7)8)12(9,10)11;;;;/h7H,4-6H2,1-3H3,(H2,12,13,14,15,16);2H,1H2,(H,5,6)(H,7,8)(H,9,10,11);;;;/q;;2*+1;2*-1. The number of nitrogens with one attached hydrogen (secondary N) is 2. The van der Waals surface area contributed by atoms with Gasteiger partial charge in [-0.05, 0) is 18.8 Å². The molecule has 0 bridgehead atoms. The maximum Gasteiger partial charge on any atom is 1.00 e. The van der Waals surface area contributed by atoms with Crippen molar-refractivity contribution in [3.63, 3.8) is 0 Å². The molecule has 0 aromatic carbocycles. The van der Waals surface area contributed by atoms with Crippen molar-refractivity contribution in [1.82, 2.24) is 10.6 Å². The summed E-state index contributed by atoms with van der Waals surface area (Å²) in [6, 6.07) is -0.720. The molecule has 1 saturated heterocycles. The van der Waals surface area contributed by atoms with Gasteiger partial charge in [0.2, 0.25) is 11.8 Å². The molecule has 1 fully saturated rings. The van der Waals surface area contributed by atoms with Gasteiger partial charge in [-0.2, -0.15) is 8.42 Å². The Kier molecular flexibility index (Phi) is 16.5. The number of carbonyl (C=O) groups excluding carboxylic acids is 3. The molecule has 164 valence electrons. The van der Waals surface area contributed by atoms with Gasteiger partial charge in [0.1, 0.15) is 5.41 Å². The zero-order valence-electron chi connectivity index (χ0n) is 19.6. The molecule has 15 heteroatoms. The van der Waals surface area contributed by atoms with Crippen LogP contribution in [0, 0.1) is 11.3 Å². The van der Waals surface area contributed by atoms with Gasteiger partial charge in [0.15, 0.2) is 5.25 Å². The normalized spacial score (nSPS) is 16.9. The van der Waals surface area contributed by atoms with Gasteiger partial charge in [0.05, 0.1) is 6.42 Å². The van der Waals surface area contributed by atoms with Crippen molar-refractivity contribution >= 4 is 39.9 Å². The molecule has 0 aliphatic carbocycles. The first kappa shape index (κ1) is 34.1. The van der Waals surface area contributed by atoms with Gasteiger partial charge in [-0.25, -0.2) is 4.79 Å². The van der Waals surface area contributed by atoms with Crippen LogP contribution >= 0.6 is 0 Å². The molecule has 4 amide bonds. The Hall–Kier alpha value is -0.540. The SMILES string of the molecule is CCCC(C)C1(CC)C(=O)NC(=O)NC1=O.O=C(O)CC(C(=O)O)S(=O)(=O)O.[H-].[H-].[Na+].[Na+]. The molecule has 30 heavy (non-hydrogen) atoms. The number of hydrogen-bond donors (Lipinski definition) is 5. The second-order valence-electron chi connectivity index (χ2n) is 6.19. The topological polar surface area (TPSA) is 204 Å². The van der Waals surface area contributed by atoms with Crippen LogP contribution in [0.15, 0.2) is 0 Å². The summed E-state index contributed by atoms with van der Waals surface area (Å²) in [4.78, 5) is 54.8. The molecule has 5 N–H and O–H groups in total. The summed E-state index contributed by atoms with van der Waals surface area (Å²) in [5.41, 5.74) is -1.09. The molecule has 2 unspecified atom stereocenters. The number of hydrogen-bond acceptors (Lipinski definition) is 7. The van der Waals surface area contributed by atoms with Crippen LogP contribution in [-0.4, -0.2) is 58.2 Å². The van der Waals surface area contributed by atoms with Crippen molar-refractivity contribution in [3.05, 3.63) is 0 Å². The van der Waals surface area contributed by atoms with Crippen LogP contribution in [-0.2, 0) is 29.3 Å². The number of aliphatic carboxylic acids is 2. The fourth-order valence-corrected chi connectivity index (χ4v) is 3.45. The Morgan fingerprint density at radius 3 is 1.73 bits per heavy atom. The molecule has 12 nitrogen and oxygen atoms in total. The molecule has 1 heterocycles. The maximum absolute atomic E-state index is 11.9. The third-order valence-corrected chi connectivity index (χ3v) is 5.47. The number of amides is 4. The average Bonchev–Trinajstić information content (AvgIpc) is 2.52. The molecule has 1 aliphatic rings. The Labute approximate surface area is 221 Å². The van der Waals surface area contributed by atoms with Crippen molar-refractivity contribution in [2.75, 3.05) is 0 Å². The van der Waals surface area contributed by atoms with Crippen LogP contribution < -0.4 is 69.7 Å². The first-order valence-electron chi connectivity index (χ1n) is 8.31. The predicted molar refractivity (Wildman–Crippen MR) is 95.9 cm³/mol. The van der Waals surface area contributed by atoms with Crippen LogP contribution in [0.5, 0.6) is 0 Å². The summed E-state index contributed by atoms with van der Waals surface area (Å²) < 4.78 is 28.7. The van der Waals surface area contributed by atoms with Crippen LogP contribution in [0.4, 0.5) is 4.79 Å². The summed E-state index contributed by atoms with van der Waals surface area (Å²) in [6.45, 7) is 5.67. The Balaban J connectivity index is -0.000000139. The summed E-state index contributed by atoms with van der Waals surface area (Å²) in [5.74, 6) is -4.51. The number of urea groups is 1. The molecule has 0 aromatic rings. The number of rotatable bonds is 8. The second-order valence-corrected chi connectivity index (χ2v) is 7.79. The minimum atomic E-state index is -4.84. The molecule has 0 radical (unpaired) electrons. The van der Waals surface area contributed by atoms with E-state index < -0.39 is 57.0 Å². The predicted octanol–water partition coefficient (Wildman–Crippen LogP) is -5.78. The monoisotopic (exact) mass is 472 g/mol. The number of barbiturate groups is 1. The molecule has 2 atom stereocenters. The summed E-state index contributed by atoms with van der Waals surface area (Å²) in [5, 5.41) is 18.3. The molecule has 0 spiro atoms. The molecule has 0 aromatic heterocycles. The maximum atomic E-state index is 11.9. The Morgan fingerprint density at radius 2 is 1.50 bits per heavy atom. The number of carboxylic acids is 2. The number of carbonyl (C=O) groups is 5. The number of carboxylic acid groups (broad SMARTS) is 2. The van der Waals surface area contributed by atoms with Crippen molar-refractivity contribution in [2.45, 2.75) is 51.7 Å². The molecular weight excluding hydrogens is 446 g/mol. The van der Waals surface area contributed by atoms with Gasteiger partial charge in [-0.3, -0.25) is 34.4 Å². The van der Waals surface area contributed by atoms with E-state index in [2.05, 4.69) is 10.6 Å². The van der Waals surface area contributed by atoms with E-state index in [-0.39, 0.29) is 67.9 Å². The van der Waals surface area contributed by atoms with E-state index in [1.54, 1.807) is 6.92 Å². The summed E-state index contributed by atoms with van der Waals surface area (Å²) in [6.07, 6.45) is 0.924. The third-order valence-electron chi connectivity index (χ3n) is 4.38. The van der Waals surface area contributed by atoms with Gasteiger partial charge >= 0.3 is 77.1 Å². The van der Waals surface area contributed by atoms with Crippen LogP contribution in [0.3, 0.4) is 0 Å². The van der Waals surface area contributed by atoms with Gasteiger partial charge in [0, 0.05) is 0 Å². The molecule has 1 aliphatic heterocycles. The zero-order chi connectivity index (χ0) is 22.3. The second kappa shape index (κ2) is 14.5. The van der Waals surface area contributed by atoms with Crippen LogP contribution in [0.25, 0.3) is 0 Å². The van der Waals surface area contributed by atoms with Gasteiger partial charge in [-0.1, -0.05) is 27.2 Å². The van der Waals surface area contributed by atoms with Crippen LogP contribution in [0.2, 0.25) is 0 Å². The first-order chi connectivity index (χ1) is 12.7.